The fraction of sp³-hybridized carbons (Fsp3) is 0.636. The second-order valence-electron chi connectivity index (χ2n) is 3.88. The predicted molar refractivity (Wildman–Crippen MR) is 52.6 cm³/mol. The lowest BCUT2D eigenvalue weighted by Crippen LogP contribution is -2.05. The highest BCUT2D eigenvalue weighted by molar-refractivity contribution is 5.28. The molecule has 0 aromatic carbocycles. The third-order valence-electron chi connectivity index (χ3n) is 2.76. The second kappa shape index (κ2) is 3.54. The van der Waals surface area contributed by atoms with Crippen molar-refractivity contribution in [1.82, 2.24) is 4.57 Å². The molecule has 1 unspecified atom stereocenters. The highest BCUT2D eigenvalue weighted by atomic mass is 16.3. The molecular formula is C11H17NO. The van der Waals surface area contributed by atoms with Crippen LogP contribution in [0.5, 0.6) is 0 Å². The van der Waals surface area contributed by atoms with Gasteiger partial charge >= 0.3 is 0 Å². The Bertz CT molecular complexity index is 290. The van der Waals surface area contributed by atoms with E-state index in [0.29, 0.717) is 0 Å². The Morgan fingerprint density at radius 2 is 2.38 bits per heavy atom. The number of fused-ring (bicyclic) bond motifs is 1. The fourth-order valence-corrected chi connectivity index (χ4v) is 2.11. The van der Waals surface area contributed by atoms with Gasteiger partial charge in [-0.15, -0.1) is 0 Å². The second-order valence-corrected chi connectivity index (χ2v) is 3.88. The molecule has 2 heteroatoms. The molecule has 1 N–H and O–H groups in total. The Morgan fingerprint density at radius 1 is 1.54 bits per heavy atom. The molecule has 1 heterocycles. The Hall–Kier alpha value is -0.760. The van der Waals surface area contributed by atoms with Crippen LogP contribution in [-0.4, -0.2) is 9.67 Å². The van der Waals surface area contributed by atoms with E-state index in [0.717, 1.165) is 32.2 Å². The van der Waals surface area contributed by atoms with Gasteiger partial charge in [-0.05, 0) is 31.2 Å². The van der Waals surface area contributed by atoms with Gasteiger partial charge < -0.3 is 9.67 Å². The largest absolute Gasteiger partial charge is 0.388 e. The Balaban J connectivity index is 2.25. The van der Waals surface area contributed by atoms with Crippen molar-refractivity contribution in [2.45, 2.75) is 45.3 Å². The quantitative estimate of drug-likeness (QED) is 0.740. The van der Waals surface area contributed by atoms with Gasteiger partial charge in [-0.2, -0.15) is 0 Å². The van der Waals surface area contributed by atoms with E-state index in [1.165, 1.54) is 11.1 Å². The van der Waals surface area contributed by atoms with Gasteiger partial charge in [0, 0.05) is 24.5 Å². The number of hydrogen-bond acceptors (Lipinski definition) is 1. The monoisotopic (exact) mass is 179 g/mol. The maximum atomic E-state index is 9.73. The zero-order valence-electron chi connectivity index (χ0n) is 8.16. The Kier molecular flexibility index (Phi) is 2.40. The molecule has 1 aromatic rings. The Morgan fingerprint density at radius 3 is 3.08 bits per heavy atom. The van der Waals surface area contributed by atoms with E-state index in [1.807, 2.05) is 0 Å². The standard InChI is InChI=1S/C11H17NO/c1-2-6-12-7-9-4-3-5-11(13)10(9)8-12/h7-8,11,13H,2-6H2,1H3. The molecule has 2 rings (SSSR count). The van der Waals surface area contributed by atoms with Gasteiger partial charge in [0.05, 0.1) is 6.10 Å². The highest BCUT2D eigenvalue weighted by Crippen LogP contribution is 2.30. The Labute approximate surface area is 79.2 Å². The van der Waals surface area contributed by atoms with E-state index >= 15 is 0 Å². The number of aromatic nitrogens is 1. The predicted octanol–water partition coefficient (Wildman–Crippen LogP) is 2.27. The van der Waals surface area contributed by atoms with Gasteiger partial charge in [0.1, 0.15) is 0 Å². The molecule has 0 saturated carbocycles. The number of nitrogens with zero attached hydrogens (tertiary/aromatic N) is 1. The first-order valence-electron chi connectivity index (χ1n) is 5.18. The fourth-order valence-electron chi connectivity index (χ4n) is 2.11. The van der Waals surface area contributed by atoms with Gasteiger partial charge in [-0.1, -0.05) is 6.92 Å². The van der Waals surface area contributed by atoms with Crippen LogP contribution in [-0.2, 0) is 13.0 Å². The van der Waals surface area contributed by atoms with E-state index in [4.69, 9.17) is 0 Å². The van der Waals surface area contributed by atoms with E-state index in [-0.39, 0.29) is 6.10 Å². The molecule has 1 aromatic heterocycles. The summed E-state index contributed by atoms with van der Waals surface area (Å²) in [6.45, 7) is 3.25. The zero-order chi connectivity index (χ0) is 9.26. The lowest BCUT2D eigenvalue weighted by molar-refractivity contribution is 0.157. The summed E-state index contributed by atoms with van der Waals surface area (Å²) in [6.07, 6.45) is 8.46. The van der Waals surface area contributed by atoms with Crippen LogP contribution >= 0.6 is 0 Å². The molecule has 1 aliphatic rings. The number of rotatable bonds is 2. The molecule has 2 nitrogen and oxygen atoms in total. The first-order valence-corrected chi connectivity index (χ1v) is 5.18. The molecule has 72 valence electrons. The van der Waals surface area contributed by atoms with Crippen molar-refractivity contribution < 1.29 is 5.11 Å². The summed E-state index contributed by atoms with van der Waals surface area (Å²) in [7, 11) is 0. The van der Waals surface area contributed by atoms with Crippen molar-refractivity contribution in [3.05, 3.63) is 23.5 Å². The van der Waals surface area contributed by atoms with Crippen LogP contribution in [0.3, 0.4) is 0 Å². The summed E-state index contributed by atoms with van der Waals surface area (Å²) in [5, 5.41) is 9.73. The first-order chi connectivity index (χ1) is 6.31. The topological polar surface area (TPSA) is 25.2 Å². The van der Waals surface area contributed by atoms with Crippen molar-refractivity contribution in [1.29, 1.82) is 0 Å². The molecule has 1 atom stereocenters. The van der Waals surface area contributed by atoms with Crippen molar-refractivity contribution in [3.8, 4) is 0 Å². The summed E-state index contributed by atoms with van der Waals surface area (Å²) in [6, 6.07) is 0. The normalized spacial score (nSPS) is 21.5. The van der Waals surface area contributed by atoms with E-state index < -0.39 is 0 Å². The third kappa shape index (κ3) is 1.63. The lowest BCUT2D eigenvalue weighted by atomic mass is 9.93. The van der Waals surface area contributed by atoms with Gasteiger partial charge in [-0.3, -0.25) is 0 Å². The minimum atomic E-state index is -0.207. The molecular weight excluding hydrogens is 162 g/mol. The van der Waals surface area contributed by atoms with Gasteiger partial charge in [0.15, 0.2) is 0 Å². The summed E-state index contributed by atoms with van der Waals surface area (Å²) < 4.78 is 2.21. The van der Waals surface area contributed by atoms with Crippen LogP contribution in [0.1, 0.15) is 43.4 Å². The molecule has 0 amide bonds. The average molecular weight is 179 g/mol. The minimum Gasteiger partial charge on any atom is -0.388 e. The van der Waals surface area contributed by atoms with E-state index in [2.05, 4.69) is 23.9 Å². The van der Waals surface area contributed by atoms with Crippen LogP contribution in [0.25, 0.3) is 0 Å². The number of aliphatic hydroxyl groups is 1. The molecule has 13 heavy (non-hydrogen) atoms. The summed E-state index contributed by atoms with van der Waals surface area (Å²) >= 11 is 0. The van der Waals surface area contributed by atoms with Gasteiger partial charge in [0.2, 0.25) is 0 Å². The summed E-state index contributed by atoms with van der Waals surface area (Å²) in [5.74, 6) is 0. The van der Waals surface area contributed by atoms with Crippen LogP contribution in [0, 0.1) is 0 Å². The van der Waals surface area contributed by atoms with Crippen molar-refractivity contribution in [2.75, 3.05) is 0 Å². The number of aryl methyl sites for hydroxylation is 2. The zero-order valence-corrected chi connectivity index (χ0v) is 8.16. The molecule has 0 radical (unpaired) electrons. The molecule has 0 fully saturated rings. The van der Waals surface area contributed by atoms with Crippen molar-refractivity contribution >= 4 is 0 Å². The first kappa shape index (κ1) is 8.82. The minimum absolute atomic E-state index is 0.207. The highest BCUT2D eigenvalue weighted by Gasteiger charge is 2.19. The van der Waals surface area contributed by atoms with Crippen molar-refractivity contribution in [3.63, 3.8) is 0 Å². The molecule has 1 aliphatic carbocycles. The molecule has 0 bridgehead atoms. The van der Waals surface area contributed by atoms with Crippen LogP contribution < -0.4 is 0 Å². The van der Waals surface area contributed by atoms with Crippen LogP contribution in [0.4, 0.5) is 0 Å². The smallest absolute Gasteiger partial charge is 0.0807 e. The van der Waals surface area contributed by atoms with E-state index in [1.54, 1.807) is 0 Å². The number of hydrogen-bond donors (Lipinski definition) is 1. The van der Waals surface area contributed by atoms with Crippen molar-refractivity contribution in [2.24, 2.45) is 0 Å². The molecule has 0 spiro atoms. The molecule has 0 aliphatic heterocycles. The summed E-state index contributed by atoms with van der Waals surface area (Å²) in [5.41, 5.74) is 2.52. The van der Waals surface area contributed by atoms with Crippen LogP contribution in [0.15, 0.2) is 12.4 Å². The third-order valence-corrected chi connectivity index (χ3v) is 2.76. The average Bonchev–Trinajstić information content (AvgIpc) is 2.49. The SMILES string of the molecule is CCCn1cc2c(c1)C(O)CCC2. The lowest BCUT2D eigenvalue weighted by Gasteiger charge is -2.16. The maximum Gasteiger partial charge on any atom is 0.0807 e. The number of aliphatic hydroxyl groups excluding tert-OH is 1. The van der Waals surface area contributed by atoms with Gasteiger partial charge in [0.25, 0.3) is 0 Å². The summed E-state index contributed by atoms with van der Waals surface area (Å²) in [4.78, 5) is 0. The van der Waals surface area contributed by atoms with Gasteiger partial charge in [-0.25, -0.2) is 0 Å². The maximum absolute atomic E-state index is 9.73. The van der Waals surface area contributed by atoms with E-state index in [9.17, 15) is 5.11 Å². The molecule has 0 saturated heterocycles. The van der Waals surface area contributed by atoms with Crippen LogP contribution in [0.2, 0.25) is 0 Å².